The van der Waals surface area contributed by atoms with E-state index in [0.717, 1.165) is 0 Å². The predicted octanol–water partition coefficient (Wildman–Crippen LogP) is 2.52. The fraction of sp³-hybridized carbons (Fsp3) is 0.222. The van der Waals surface area contributed by atoms with Gasteiger partial charge in [-0.05, 0) is 17.7 Å². The third-order valence-corrected chi connectivity index (χ3v) is 2.05. The SMILES string of the molecule is [N-]=[N+]=NCCNC(=O)c1cccc(Cl)c1F. The minimum absolute atomic E-state index is 0.109. The number of amides is 1. The van der Waals surface area contributed by atoms with Crippen LogP contribution in [0, 0.1) is 5.82 Å². The Balaban J connectivity index is 2.66. The lowest BCUT2D eigenvalue weighted by atomic mass is 10.2. The Hall–Kier alpha value is -1.78. The molecule has 0 saturated heterocycles. The molecule has 0 atom stereocenters. The molecule has 0 radical (unpaired) electrons. The van der Waals surface area contributed by atoms with Crippen LogP contribution in [0.1, 0.15) is 10.4 Å². The highest BCUT2D eigenvalue weighted by molar-refractivity contribution is 6.31. The highest BCUT2D eigenvalue weighted by Crippen LogP contribution is 2.17. The van der Waals surface area contributed by atoms with E-state index in [2.05, 4.69) is 15.3 Å². The van der Waals surface area contributed by atoms with Crippen molar-refractivity contribution in [1.29, 1.82) is 0 Å². The van der Waals surface area contributed by atoms with Gasteiger partial charge in [-0.15, -0.1) is 0 Å². The maximum Gasteiger partial charge on any atom is 0.254 e. The molecule has 0 heterocycles. The Labute approximate surface area is 95.8 Å². The number of azide groups is 1. The number of nitrogens with one attached hydrogen (secondary N) is 1. The first kappa shape index (κ1) is 12.3. The number of hydrogen-bond acceptors (Lipinski definition) is 2. The van der Waals surface area contributed by atoms with Crippen LogP contribution in [-0.2, 0) is 0 Å². The second kappa shape index (κ2) is 5.95. The molecular weight excluding hydrogens is 235 g/mol. The van der Waals surface area contributed by atoms with Crippen molar-refractivity contribution in [2.45, 2.75) is 0 Å². The van der Waals surface area contributed by atoms with E-state index in [0.29, 0.717) is 0 Å². The van der Waals surface area contributed by atoms with Crippen LogP contribution in [0.25, 0.3) is 10.4 Å². The van der Waals surface area contributed by atoms with E-state index >= 15 is 0 Å². The number of carbonyl (C=O) groups excluding carboxylic acids is 1. The second-order valence-electron chi connectivity index (χ2n) is 2.81. The summed E-state index contributed by atoms with van der Waals surface area (Å²) in [5.74, 6) is -1.35. The molecule has 0 saturated carbocycles. The highest BCUT2D eigenvalue weighted by atomic mass is 35.5. The Morgan fingerprint density at radius 3 is 3.06 bits per heavy atom. The number of carbonyl (C=O) groups is 1. The van der Waals surface area contributed by atoms with Crippen LogP contribution in [-0.4, -0.2) is 19.0 Å². The smallest absolute Gasteiger partial charge is 0.254 e. The van der Waals surface area contributed by atoms with Crippen LogP contribution in [0.15, 0.2) is 23.3 Å². The molecule has 0 aliphatic carbocycles. The van der Waals surface area contributed by atoms with Crippen LogP contribution >= 0.6 is 11.6 Å². The number of benzene rings is 1. The second-order valence-corrected chi connectivity index (χ2v) is 3.22. The maximum atomic E-state index is 13.4. The summed E-state index contributed by atoms with van der Waals surface area (Å²) in [6.07, 6.45) is 0. The zero-order valence-corrected chi connectivity index (χ0v) is 8.91. The van der Waals surface area contributed by atoms with Gasteiger partial charge in [0.25, 0.3) is 5.91 Å². The van der Waals surface area contributed by atoms with Crippen molar-refractivity contribution in [2.75, 3.05) is 13.1 Å². The van der Waals surface area contributed by atoms with E-state index in [9.17, 15) is 9.18 Å². The van der Waals surface area contributed by atoms with Crippen molar-refractivity contribution in [3.05, 3.63) is 45.0 Å². The van der Waals surface area contributed by atoms with Gasteiger partial charge in [-0.25, -0.2) is 4.39 Å². The summed E-state index contributed by atoms with van der Waals surface area (Å²) in [5, 5.41) is 5.51. The molecule has 0 fully saturated rings. The minimum atomic E-state index is -0.759. The van der Waals surface area contributed by atoms with Crippen LogP contribution in [0.5, 0.6) is 0 Å². The van der Waals surface area contributed by atoms with E-state index in [1.807, 2.05) is 0 Å². The van der Waals surface area contributed by atoms with E-state index < -0.39 is 11.7 Å². The van der Waals surface area contributed by atoms with Gasteiger partial charge in [0, 0.05) is 18.0 Å². The average Bonchev–Trinajstić information content (AvgIpc) is 2.28. The Kier molecular flexibility index (Phi) is 4.57. The molecule has 1 rings (SSSR count). The zero-order chi connectivity index (χ0) is 12.0. The number of halogens is 2. The molecule has 0 bridgehead atoms. The maximum absolute atomic E-state index is 13.4. The summed E-state index contributed by atoms with van der Waals surface area (Å²) in [4.78, 5) is 14.0. The Morgan fingerprint density at radius 2 is 2.38 bits per heavy atom. The van der Waals surface area contributed by atoms with Gasteiger partial charge in [-0.1, -0.05) is 22.8 Å². The van der Waals surface area contributed by atoms with Crippen LogP contribution < -0.4 is 5.32 Å². The zero-order valence-electron chi connectivity index (χ0n) is 8.15. The summed E-state index contributed by atoms with van der Waals surface area (Å²) in [6.45, 7) is 0.263. The molecule has 1 amide bonds. The molecule has 1 N–H and O–H groups in total. The first-order valence-corrected chi connectivity index (χ1v) is 4.77. The number of hydrogen-bond donors (Lipinski definition) is 1. The van der Waals surface area contributed by atoms with E-state index in [1.165, 1.54) is 18.2 Å². The molecule has 1 aromatic carbocycles. The first-order chi connectivity index (χ1) is 7.66. The largest absolute Gasteiger partial charge is 0.352 e. The lowest BCUT2D eigenvalue weighted by molar-refractivity contribution is 0.0951. The summed E-state index contributed by atoms with van der Waals surface area (Å²) in [5.41, 5.74) is 7.87. The fourth-order valence-electron chi connectivity index (χ4n) is 1.04. The van der Waals surface area contributed by atoms with Crippen LogP contribution in [0.3, 0.4) is 0 Å². The molecular formula is C9H8ClFN4O. The van der Waals surface area contributed by atoms with Gasteiger partial charge in [0.05, 0.1) is 10.6 Å². The van der Waals surface area contributed by atoms with Gasteiger partial charge in [0.2, 0.25) is 0 Å². The average molecular weight is 243 g/mol. The molecule has 84 valence electrons. The molecule has 7 heteroatoms. The Morgan fingerprint density at radius 1 is 1.62 bits per heavy atom. The third-order valence-electron chi connectivity index (χ3n) is 1.76. The topological polar surface area (TPSA) is 77.9 Å². The van der Waals surface area contributed by atoms with Crippen molar-refractivity contribution in [3.63, 3.8) is 0 Å². The molecule has 0 aromatic heterocycles. The van der Waals surface area contributed by atoms with Gasteiger partial charge in [0.15, 0.2) is 5.82 Å². The molecule has 0 unspecified atom stereocenters. The molecule has 0 aliphatic rings. The molecule has 0 spiro atoms. The molecule has 1 aromatic rings. The first-order valence-electron chi connectivity index (χ1n) is 4.40. The number of rotatable bonds is 4. The van der Waals surface area contributed by atoms with Crippen molar-refractivity contribution in [3.8, 4) is 0 Å². The standard InChI is InChI=1S/C9H8ClFN4O/c10-7-3-1-2-6(8(7)11)9(16)13-4-5-14-15-12/h1-3H,4-5H2,(H,13,16). The quantitative estimate of drug-likeness (QED) is 0.374. The fourth-order valence-corrected chi connectivity index (χ4v) is 1.21. The van der Waals surface area contributed by atoms with Gasteiger partial charge in [-0.3, -0.25) is 4.79 Å². The molecule has 5 nitrogen and oxygen atoms in total. The molecule has 0 aliphatic heterocycles. The summed E-state index contributed by atoms with van der Waals surface area (Å²) in [6, 6.07) is 4.16. The predicted molar refractivity (Wildman–Crippen MR) is 57.8 cm³/mol. The highest BCUT2D eigenvalue weighted by Gasteiger charge is 2.12. The lowest BCUT2D eigenvalue weighted by Gasteiger charge is -2.04. The van der Waals surface area contributed by atoms with Crippen LogP contribution in [0.2, 0.25) is 5.02 Å². The number of nitrogens with zero attached hydrogens (tertiary/aromatic N) is 3. The van der Waals surface area contributed by atoms with Crippen molar-refractivity contribution < 1.29 is 9.18 Å². The summed E-state index contributed by atoms with van der Waals surface area (Å²) in [7, 11) is 0. The Bertz CT molecular complexity index is 445. The van der Waals surface area contributed by atoms with Gasteiger partial charge < -0.3 is 5.32 Å². The van der Waals surface area contributed by atoms with Crippen molar-refractivity contribution in [1.82, 2.24) is 5.32 Å². The van der Waals surface area contributed by atoms with Crippen molar-refractivity contribution >= 4 is 17.5 Å². The van der Waals surface area contributed by atoms with Crippen molar-refractivity contribution in [2.24, 2.45) is 5.11 Å². The minimum Gasteiger partial charge on any atom is -0.352 e. The van der Waals surface area contributed by atoms with Gasteiger partial charge in [0.1, 0.15) is 0 Å². The van der Waals surface area contributed by atoms with Gasteiger partial charge >= 0.3 is 0 Å². The van der Waals surface area contributed by atoms with E-state index in [4.69, 9.17) is 17.1 Å². The van der Waals surface area contributed by atoms with Crippen LogP contribution in [0.4, 0.5) is 4.39 Å². The summed E-state index contributed by atoms with van der Waals surface area (Å²) < 4.78 is 13.4. The van der Waals surface area contributed by atoms with E-state index in [-0.39, 0.29) is 23.7 Å². The normalized spacial score (nSPS) is 9.38. The van der Waals surface area contributed by atoms with Gasteiger partial charge in [-0.2, -0.15) is 0 Å². The third kappa shape index (κ3) is 3.12. The molecule has 16 heavy (non-hydrogen) atoms. The van der Waals surface area contributed by atoms with E-state index in [1.54, 1.807) is 0 Å². The lowest BCUT2D eigenvalue weighted by Crippen LogP contribution is -2.26. The summed E-state index contributed by atoms with van der Waals surface area (Å²) >= 11 is 5.52. The monoisotopic (exact) mass is 242 g/mol.